The van der Waals surface area contributed by atoms with Crippen molar-refractivity contribution in [3.63, 3.8) is 0 Å². The Hall–Kier alpha value is -1.18. The molecule has 0 amide bonds. The van der Waals surface area contributed by atoms with E-state index in [0.717, 1.165) is 18.0 Å². The molecule has 0 aliphatic rings. The van der Waals surface area contributed by atoms with E-state index in [0.29, 0.717) is 10.2 Å². The van der Waals surface area contributed by atoms with E-state index < -0.39 is 10.0 Å². The van der Waals surface area contributed by atoms with Gasteiger partial charge in [-0.2, -0.15) is 0 Å². The number of hydrogen-bond donors (Lipinski definition) is 1. The molecule has 1 aromatic carbocycles. The predicted molar refractivity (Wildman–Crippen MR) is 76.7 cm³/mol. The van der Waals surface area contributed by atoms with Crippen LogP contribution in [0.2, 0.25) is 5.28 Å². The summed E-state index contributed by atoms with van der Waals surface area (Å²) in [4.78, 5) is 7.25. The summed E-state index contributed by atoms with van der Waals surface area (Å²) in [6.45, 7) is 1.87. The van der Waals surface area contributed by atoms with Gasteiger partial charge in [0.1, 0.15) is 4.90 Å². The first-order valence-electron chi connectivity index (χ1n) is 5.15. The summed E-state index contributed by atoms with van der Waals surface area (Å²) in [7, 11) is -3.73. The first kappa shape index (κ1) is 14.2. The zero-order valence-electron chi connectivity index (χ0n) is 9.76. The predicted octanol–water partition coefficient (Wildman–Crippen LogP) is 3.00. The fourth-order valence-electron chi connectivity index (χ4n) is 1.37. The molecule has 19 heavy (non-hydrogen) atoms. The molecule has 0 radical (unpaired) electrons. The van der Waals surface area contributed by atoms with Crippen molar-refractivity contribution in [2.24, 2.45) is 0 Å². The summed E-state index contributed by atoms with van der Waals surface area (Å²) < 4.78 is 27.4. The van der Waals surface area contributed by atoms with Crippen LogP contribution in [0.5, 0.6) is 0 Å². The second-order valence-corrected chi connectivity index (χ2v) is 6.54. The zero-order chi connectivity index (χ0) is 14.0. The maximum Gasteiger partial charge on any atom is 0.265 e. The first-order chi connectivity index (χ1) is 8.90. The number of anilines is 1. The average Bonchev–Trinajstić information content (AvgIpc) is 2.35. The third-order valence-corrected chi connectivity index (χ3v) is 4.91. The molecule has 1 aromatic heterocycles. The second kappa shape index (κ2) is 5.44. The number of aromatic nitrogens is 2. The monoisotopic (exact) mass is 361 g/mol. The van der Waals surface area contributed by atoms with Crippen molar-refractivity contribution in [1.82, 2.24) is 9.97 Å². The molecule has 5 nitrogen and oxygen atoms in total. The van der Waals surface area contributed by atoms with Crippen LogP contribution in [-0.2, 0) is 10.0 Å². The standard InChI is InChI=1S/C11H9BrClN3O2S/c1-7-3-2-4-9(10(7)12)16-19(17,18)8-5-14-11(13)15-6-8/h2-6,16H,1H3. The SMILES string of the molecule is Cc1cccc(NS(=O)(=O)c2cnc(Cl)nc2)c1Br. The van der Waals surface area contributed by atoms with Gasteiger partial charge in [-0.1, -0.05) is 12.1 Å². The lowest BCUT2D eigenvalue weighted by molar-refractivity contribution is 0.600. The van der Waals surface area contributed by atoms with Crippen molar-refractivity contribution in [3.05, 3.63) is 45.9 Å². The Labute approximate surface area is 124 Å². The third kappa shape index (κ3) is 3.23. The highest BCUT2D eigenvalue weighted by atomic mass is 79.9. The van der Waals surface area contributed by atoms with Crippen LogP contribution in [-0.4, -0.2) is 18.4 Å². The van der Waals surface area contributed by atoms with Crippen LogP contribution in [0.15, 0.2) is 40.0 Å². The lowest BCUT2D eigenvalue weighted by atomic mass is 10.2. The summed E-state index contributed by atoms with van der Waals surface area (Å²) in [6.07, 6.45) is 2.31. The molecule has 0 bridgehead atoms. The number of hydrogen-bond acceptors (Lipinski definition) is 4. The van der Waals surface area contributed by atoms with Crippen molar-refractivity contribution in [2.45, 2.75) is 11.8 Å². The van der Waals surface area contributed by atoms with Gasteiger partial charge in [-0.05, 0) is 46.1 Å². The van der Waals surface area contributed by atoms with Crippen molar-refractivity contribution >= 4 is 43.2 Å². The van der Waals surface area contributed by atoms with Crippen molar-refractivity contribution in [1.29, 1.82) is 0 Å². The molecular weight excluding hydrogens is 354 g/mol. The molecule has 2 rings (SSSR count). The minimum absolute atomic E-state index is 0.00399. The molecule has 1 N–H and O–H groups in total. The van der Waals surface area contributed by atoms with Crippen LogP contribution in [0, 0.1) is 6.92 Å². The average molecular weight is 363 g/mol. The van der Waals surface area contributed by atoms with Gasteiger partial charge in [-0.15, -0.1) is 0 Å². The van der Waals surface area contributed by atoms with Gasteiger partial charge < -0.3 is 0 Å². The molecule has 2 aromatic rings. The molecule has 100 valence electrons. The molecule has 0 fully saturated rings. The normalized spacial score (nSPS) is 11.3. The van der Waals surface area contributed by atoms with Gasteiger partial charge in [-0.3, -0.25) is 4.72 Å². The van der Waals surface area contributed by atoms with Gasteiger partial charge in [0.15, 0.2) is 0 Å². The van der Waals surface area contributed by atoms with Gasteiger partial charge in [0, 0.05) is 4.47 Å². The molecule has 1 heterocycles. The number of nitrogens with zero attached hydrogens (tertiary/aromatic N) is 2. The molecule has 8 heteroatoms. The lowest BCUT2D eigenvalue weighted by Gasteiger charge is -2.10. The number of benzene rings is 1. The maximum atomic E-state index is 12.1. The summed E-state index contributed by atoms with van der Waals surface area (Å²) >= 11 is 8.86. The van der Waals surface area contributed by atoms with E-state index in [9.17, 15) is 8.42 Å². The van der Waals surface area contributed by atoms with Crippen molar-refractivity contribution in [2.75, 3.05) is 4.72 Å². The highest BCUT2D eigenvalue weighted by molar-refractivity contribution is 9.10. The summed E-state index contributed by atoms with van der Waals surface area (Å²) in [6, 6.07) is 5.29. The molecule has 0 spiro atoms. The fraction of sp³-hybridized carbons (Fsp3) is 0.0909. The Morgan fingerprint density at radius 2 is 1.89 bits per heavy atom. The fourth-order valence-corrected chi connectivity index (χ4v) is 2.92. The Morgan fingerprint density at radius 1 is 1.26 bits per heavy atom. The van der Waals surface area contributed by atoms with E-state index in [1.807, 2.05) is 13.0 Å². The number of aryl methyl sites for hydroxylation is 1. The highest BCUT2D eigenvalue weighted by Crippen LogP contribution is 2.27. The van der Waals surface area contributed by atoms with E-state index in [-0.39, 0.29) is 10.2 Å². The third-order valence-electron chi connectivity index (χ3n) is 2.34. The van der Waals surface area contributed by atoms with E-state index >= 15 is 0 Å². The Kier molecular flexibility index (Phi) is 4.07. The van der Waals surface area contributed by atoms with Crippen LogP contribution in [0.4, 0.5) is 5.69 Å². The van der Waals surface area contributed by atoms with Crippen molar-refractivity contribution in [3.8, 4) is 0 Å². The van der Waals surface area contributed by atoms with Crippen LogP contribution in [0.3, 0.4) is 0 Å². The van der Waals surface area contributed by atoms with E-state index in [1.54, 1.807) is 12.1 Å². The van der Waals surface area contributed by atoms with Gasteiger partial charge in [0.05, 0.1) is 18.1 Å². The first-order valence-corrected chi connectivity index (χ1v) is 7.81. The topological polar surface area (TPSA) is 72.0 Å². The smallest absolute Gasteiger partial charge is 0.265 e. The lowest BCUT2D eigenvalue weighted by Crippen LogP contribution is -2.14. The number of nitrogens with one attached hydrogen (secondary N) is 1. The summed E-state index contributed by atoms with van der Waals surface area (Å²) in [5.74, 6) is 0. The molecular formula is C11H9BrClN3O2S. The summed E-state index contributed by atoms with van der Waals surface area (Å²) in [5, 5.41) is -0.00399. The molecule has 0 unspecified atom stereocenters. The molecule has 0 saturated carbocycles. The van der Waals surface area contributed by atoms with E-state index in [2.05, 4.69) is 30.6 Å². The van der Waals surface area contributed by atoms with Gasteiger partial charge in [0.25, 0.3) is 10.0 Å². The largest absolute Gasteiger partial charge is 0.278 e. The molecule has 0 saturated heterocycles. The van der Waals surface area contributed by atoms with Gasteiger partial charge in [0.2, 0.25) is 5.28 Å². The van der Waals surface area contributed by atoms with Crippen LogP contribution >= 0.6 is 27.5 Å². The minimum Gasteiger partial charge on any atom is -0.278 e. The number of rotatable bonds is 3. The Bertz CT molecular complexity index is 704. The molecule has 0 atom stereocenters. The molecule has 0 aliphatic carbocycles. The molecule has 0 aliphatic heterocycles. The number of halogens is 2. The van der Waals surface area contributed by atoms with Crippen LogP contribution in [0.1, 0.15) is 5.56 Å². The van der Waals surface area contributed by atoms with Gasteiger partial charge in [-0.25, -0.2) is 18.4 Å². The maximum absolute atomic E-state index is 12.1. The minimum atomic E-state index is -3.73. The van der Waals surface area contributed by atoms with E-state index in [1.165, 1.54) is 0 Å². The van der Waals surface area contributed by atoms with E-state index in [4.69, 9.17) is 11.6 Å². The Morgan fingerprint density at radius 3 is 2.53 bits per heavy atom. The van der Waals surface area contributed by atoms with Crippen LogP contribution < -0.4 is 4.72 Å². The zero-order valence-corrected chi connectivity index (χ0v) is 12.9. The van der Waals surface area contributed by atoms with Gasteiger partial charge >= 0.3 is 0 Å². The quantitative estimate of drug-likeness (QED) is 0.852. The Balaban J connectivity index is 2.36. The van der Waals surface area contributed by atoms with Crippen molar-refractivity contribution < 1.29 is 8.42 Å². The highest BCUT2D eigenvalue weighted by Gasteiger charge is 2.17. The summed E-state index contributed by atoms with van der Waals surface area (Å²) in [5.41, 5.74) is 1.38. The second-order valence-electron chi connectivity index (χ2n) is 3.73. The van der Waals surface area contributed by atoms with Crippen LogP contribution in [0.25, 0.3) is 0 Å². The number of sulfonamides is 1.